The van der Waals surface area contributed by atoms with Crippen LogP contribution in [0, 0.1) is 0 Å². The van der Waals surface area contributed by atoms with Crippen LogP contribution in [0.4, 0.5) is 0 Å². The van der Waals surface area contributed by atoms with E-state index in [1.54, 1.807) is 28.8 Å². The summed E-state index contributed by atoms with van der Waals surface area (Å²) < 4.78 is 1.79. The van der Waals surface area contributed by atoms with Gasteiger partial charge in [-0.1, -0.05) is 29.0 Å². The first-order valence-electron chi connectivity index (χ1n) is 6.95. The summed E-state index contributed by atoms with van der Waals surface area (Å²) in [7, 11) is 0. The summed E-state index contributed by atoms with van der Waals surface area (Å²) in [6, 6.07) is 6.86. The fraction of sp³-hybridized carbons (Fsp3) is 0.286. The SMILES string of the molecule is O=C(NCc1nn2c(C3CC3)nnc2s1)c1cccc(Cl)c1. The highest BCUT2D eigenvalue weighted by Crippen LogP contribution is 2.39. The number of amides is 1. The number of nitrogens with one attached hydrogen (secondary N) is 1. The van der Waals surface area contributed by atoms with E-state index in [0.29, 0.717) is 23.0 Å². The van der Waals surface area contributed by atoms with Crippen LogP contribution in [-0.4, -0.2) is 25.7 Å². The van der Waals surface area contributed by atoms with Gasteiger partial charge in [0.25, 0.3) is 5.91 Å². The number of benzene rings is 1. The average molecular weight is 334 g/mol. The van der Waals surface area contributed by atoms with Crippen molar-refractivity contribution < 1.29 is 4.79 Å². The fourth-order valence-corrected chi connectivity index (χ4v) is 3.20. The zero-order valence-electron chi connectivity index (χ0n) is 11.5. The molecule has 1 aliphatic carbocycles. The maximum absolute atomic E-state index is 12.1. The van der Waals surface area contributed by atoms with Crippen LogP contribution in [0.25, 0.3) is 4.96 Å². The first kappa shape index (κ1) is 13.7. The van der Waals surface area contributed by atoms with E-state index in [1.807, 2.05) is 0 Å². The largest absolute Gasteiger partial charge is 0.345 e. The lowest BCUT2D eigenvalue weighted by molar-refractivity contribution is 0.0951. The Morgan fingerprint density at radius 3 is 3.05 bits per heavy atom. The molecule has 4 rings (SSSR count). The van der Waals surface area contributed by atoms with E-state index in [-0.39, 0.29) is 5.91 Å². The van der Waals surface area contributed by atoms with E-state index in [9.17, 15) is 4.79 Å². The maximum Gasteiger partial charge on any atom is 0.251 e. The van der Waals surface area contributed by atoms with Crippen molar-refractivity contribution in [2.75, 3.05) is 0 Å². The van der Waals surface area contributed by atoms with Gasteiger partial charge >= 0.3 is 0 Å². The molecule has 0 unspecified atom stereocenters. The van der Waals surface area contributed by atoms with Gasteiger partial charge in [-0.2, -0.15) is 9.61 Å². The van der Waals surface area contributed by atoms with Crippen LogP contribution in [0.1, 0.15) is 39.9 Å². The van der Waals surface area contributed by atoms with Gasteiger partial charge < -0.3 is 5.32 Å². The molecule has 2 aromatic heterocycles. The zero-order valence-corrected chi connectivity index (χ0v) is 13.1. The van der Waals surface area contributed by atoms with Gasteiger partial charge in [-0.15, -0.1) is 10.2 Å². The highest BCUT2D eigenvalue weighted by atomic mass is 35.5. The molecule has 0 aliphatic heterocycles. The number of aromatic nitrogens is 4. The summed E-state index contributed by atoms with van der Waals surface area (Å²) in [5, 5.41) is 17.0. The maximum atomic E-state index is 12.1. The van der Waals surface area contributed by atoms with Gasteiger partial charge in [0.15, 0.2) is 5.82 Å². The standard InChI is InChI=1S/C14H12ClN5OS/c15-10-3-1-2-9(6-10)13(21)16-7-11-19-20-12(8-4-5-8)17-18-14(20)22-11/h1-3,6,8H,4-5,7H2,(H,16,21). The second-order valence-corrected chi connectivity index (χ2v) is 6.69. The highest BCUT2D eigenvalue weighted by Gasteiger charge is 2.30. The highest BCUT2D eigenvalue weighted by molar-refractivity contribution is 7.16. The summed E-state index contributed by atoms with van der Waals surface area (Å²) in [6.45, 7) is 0.365. The molecule has 0 bridgehead atoms. The molecule has 6 nitrogen and oxygen atoms in total. The number of fused-ring (bicyclic) bond motifs is 1. The van der Waals surface area contributed by atoms with Crippen LogP contribution >= 0.6 is 22.9 Å². The Labute approximate surface area is 135 Å². The van der Waals surface area contributed by atoms with Gasteiger partial charge in [0.1, 0.15) is 5.01 Å². The Morgan fingerprint density at radius 2 is 2.27 bits per heavy atom. The van der Waals surface area contributed by atoms with Crippen LogP contribution in [0.15, 0.2) is 24.3 Å². The van der Waals surface area contributed by atoms with Gasteiger partial charge in [-0.3, -0.25) is 4.79 Å². The molecule has 0 spiro atoms. The van der Waals surface area contributed by atoms with Crippen LogP contribution in [-0.2, 0) is 6.54 Å². The lowest BCUT2D eigenvalue weighted by Crippen LogP contribution is -2.22. The van der Waals surface area contributed by atoms with Crippen LogP contribution in [0.2, 0.25) is 5.02 Å². The third-order valence-corrected chi connectivity index (χ3v) is 4.62. The zero-order chi connectivity index (χ0) is 15.1. The molecule has 0 saturated heterocycles. The Morgan fingerprint density at radius 1 is 1.41 bits per heavy atom. The van der Waals surface area contributed by atoms with Crippen LogP contribution in [0.5, 0.6) is 0 Å². The van der Waals surface area contributed by atoms with E-state index < -0.39 is 0 Å². The number of halogens is 1. The molecule has 1 N–H and O–H groups in total. The Kier molecular flexibility index (Phi) is 3.31. The first-order chi connectivity index (χ1) is 10.7. The summed E-state index contributed by atoms with van der Waals surface area (Å²) >= 11 is 7.33. The van der Waals surface area contributed by atoms with E-state index >= 15 is 0 Å². The summed E-state index contributed by atoms with van der Waals surface area (Å²) in [4.78, 5) is 12.9. The molecule has 8 heteroatoms. The number of carbonyl (C=O) groups is 1. The molecule has 112 valence electrons. The smallest absolute Gasteiger partial charge is 0.251 e. The lowest BCUT2D eigenvalue weighted by Gasteiger charge is -2.03. The average Bonchev–Trinajstić information content (AvgIpc) is 3.15. The number of hydrogen-bond acceptors (Lipinski definition) is 5. The van der Waals surface area contributed by atoms with E-state index in [4.69, 9.17) is 11.6 Å². The van der Waals surface area contributed by atoms with E-state index in [0.717, 1.165) is 28.6 Å². The van der Waals surface area contributed by atoms with Gasteiger partial charge in [-0.25, -0.2) is 0 Å². The minimum Gasteiger partial charge on any atom is -0.345 e. The summed E-state index contributed by atoms with van der Waals surface area (Å²) in [5.74, 6) is 1.25. The third-order valence-electron chi connectivity index (χ3n) is 3.49. The van der Waals surface area contributed by atoms with Gasteiger partial charge in [0.2, 0.25) is 4.96 Å². The van der Waals surface area contributed by atoms with Crippen molar-refractivity contribution in [3.63, 3.8) is 0 Å². The summed E-state index contributed by atoms with van der Waals surface area (Å²) in [6.07, 6.45) is 2.30. The molecule has 22 heavy (non-hydrogen) atoms. The lowest BCUT2D eigenvalue weighted by atomic mass is 10.2. The van der Waals surface area contributed by atoms with Gasteiger partial charge in [0.05, 0.1) is 6.54 Å². The quantitative estimate of drug-likeness (QED) is 0.796. The van der Waals surface area contributed by atoms with Crippen molar-refractivity contribution in [2.24, 2.45) is 0 Å². The monoisotopic (exact) mass is 333 g/mol. The van der Waals surface area contributed by atoms with E-state index in [2.05, 4.69) is 20.6 Å². The minimum atomic E-state index is -0.170. The normalized spacial score (nSPS) is 14.4. The number of hydrogen-bond donors (Lipinski definition) is 1. The van der Waals surface area contributed by atoms with Crippen LogP contribution in [0.3, 0.4) is 0 Å². The summed E-state index contributed by atoms with van der Waals surface area (Å²) in [5.41, 5.74) is 0.536. The topological polar surface area (TPSA) is 72.2 Å². The Balaban J connectivity index is 1.48. The third kappa shape index (κ3) is 2.57. The van der Waals surface area contributed by atoms with Crippen molar-refractivity contribution in [3.8, 4) is 0 Å². The molecule has 0 atom stereocenters. The molecular weight excluding hydrogens is 322 g/mol. The first-order valence-corrected chi connectivity index (χ1v) is 8.15. The van der Waals surface area contributed by atoms with Crippen LogP contribution < -0.4 is 5.32 Å². The molecule has 1 aromatic carbocycles. The molecule has 1 fully saturated rings. The minimum absolute atomic E-state index is 0.170. The van der Waals surface area contributed by atoms with Gasteiger partial charge in [-0.05, 0) is 31.0 Å². The fourth-order valence-electron chi connectivity index (χ4n) is 2.23. The second-order valence-electron chi connectivity index (χ2n) is 5.22. The van der Waals surface area contributed by atoms with E-state index in [1.165, 1.54) is 11.3 Å². The van der Waals surface area contributed by atoms with Crippen molar-refractivity contribution in [2.45, 2.75) is 25.3 Å². The Hall–Kier alpha value is -1.99. The van der Waals surface area contributed by atoms with Crippen molar-refractivity contribution in [3.05, 3.63) is 45.7 Å². The predicted octanol–water partition coefficient (Wildman–Crippen LogP) is 2.65. The van der Waals surface area contributed by atoms with Crippen molar-refractivity contribution in [1.82, 2.24) is 25.1 Å². The Bertz CT molecular complexity index is 854. The molecule has 1 aliphatic rings. The molecular formula is C14H12ClN5OS. The van der Waals surface area contributed by atoms with Crippen molar-refractivity contribution in [1.29, 1.82) is 0 Å². The molecule has 0 radical (unpaired) electrons. The predicted molar refractivity (Wildman–Crippen MR) is 83.3 cm³/mol. The molecule has 3 aromatic rings. The van der Waals surface area contributed by atoms with Gasteiger partial charge in [0, 0.05) is 16.5 Å². The molecule has 1 amide bonds. The molecule has 1 saturated carbocycles. The molecule has 2 heterocycles. The number of nitrogens with zero attached hydrogens (tertiary/aromatic N) is 4. The van der Waals surface area contributed by atoms with Crippen molar-refractivity contribution >= 4 is 33.8 Å². The second kappa shape index (κ2) is 5.33. The number of rotatable bonds is 4. The number of carbonyl (C=O) groups excluding carboxylic acids is 1.